The summed E-state index contributed by atoms with van der Waals surface area (Å²) in [5.74, 6) is -1.78. The van der Waals surface area contributed by atoms with Crippen LogP contribution in [0, 0.1) is 10.1 Å². The Kier molecular flexibility index (Phi) is 5.12. The van der Waals surface area contributed by atoms with Crippen LogP contribution in [0.25, 0.3) is 0 Å². The van der Waals surface area contributed by atoms with E-state index in [-0.39, 0.29) is 29.2 Å². The van der Waals surface area contributed by atoms with Crippen LogP contribution in [-0.4, -0.2) is 32.6 Å². The van der Waals surface area contributed by atoms with Crippen LogP contribution in [0.15, 0.2) is 40.9 Å². The number of nitro benzene ring substituents is 1. The van der Waals surface area contributed by atoms with E-state index in [2.05, 4.69) is 10.1 Å². The number of ether oxygens (including phenoxy) is 1. The average molecular weight is 421 g/mol. The maximum absolute atomic E-state index is 13.0. The first-order valence-electron chi connectivity index (χ1n) is 9.40. The van der Waals surface area contributed by atoms with E-state index in [0.717, 1.165) is 12.5 Å². The molecule has 0 atom stereocenters. The number of esters is 1. The van der Waals surface area contributed by atoms with E-state index < -0.39 is 39.3 Å². The van der Waals surface area contributed by atoms with Crippen molar-refractivity contribution in [2.75, 3.05) is 0 Å². The van der Waals surface area contributed by atoms with E-state index in [1.54, 1.807) is 12.1 Å². The highest BCUT2D eigenvalue weighted by Crippen LogP contribution is 2.35. The molecule has 10 heteroatoms. The third-order valence-electron chi connectivity index (χ3n) is 4.78. The number of nitro groups is 1. The van der Waals surface area contributed by atoms with Crippen molar-refractivity contribution in [3.05, 3.63) is 86.0 Å². The van der Waals surface area contributed by atoms with Crippen molar-refractivity contribution in [1.29, 1.82) is 0 Å². The predicted octanol–water partition coefficient (Wildman–Crippen LogP) is 3.06. The number of ketones is 2. The van der Waals surface area contributed by atoms with E-state index in [1.807, 2.05) is 6.92 Å². The fourth-order valence-electron chi connectivity index (χ4n) is 3.40. The summed E-state index contributed by atoms with van der Waals surface area (Å²) in [6.07, 6.45) is 1.39. The molecule has 0 saturated carbocycles. The first kappa shape index (κ1) is 20.1. The molecule has 0 radical (unpaired) electrons. The number of rotatable bonds is 6. The molecule has 0 aliphatic heterocycles. The van der Waals surface area contributed by atoms with Gasteiger partial charge < -0.3 is 9.26 Å². The maximum atomic E-state index is 13.0. The van der Waals surface area contributed by atoms with Gasteiger partial charge in [-0.05, 0) is 18.6 Å². The van der Waals surface area contributed by atoms with Crippen LogP contribution < -0.4 is 0 Å². The lowest BCUT2D eigenvalue weighted by Gasteiger charge is -2.18. The molecular weight excluding hydrogens is 406 g/mol. The molecule has 0 spiro atoms. The van der Waals surface area contributed by atoms with Gasteiger partial charge in [-0.15, -0.1) is 0 Å². The van der Waals surface area contributed by atoms with Crippen LogP contribution in [-0.2, 0) is 17.8 Å². The molecule has 0 saturated heterocycles. The summed E-state index contributed by atoms with van der Waals surface area (Å²) in [4.78, 5) is 53.3. The second-order valence-corrected chi connectivity index (χ2v) is 6.78. The lowest BCUT2D eigenvalue weighted by Crippen LogP contribution is -2.23. The molecule has 1 aromatic heterocycles. The summed E-state index contributed by atoms with van der Waals surface area (Å²) in [5.41, 5.74) is -1.57. The molecule has 3 aromatic rings. The standard InChI is InChI=1S/C21H15N3O7/c1-2-5-15-22-16(31-23-15)10-30-21(27)14-9-8-13-17(18(14)24(28)29)20(26)12-7-4-3-6-11(12)19(13)25/h3-4,6-9H,2,5,10H2,1H3. The molecule has 4 rings (SSSR count). The molecule has 0 amide bonds. The topological polar surface area (TPSA) is 142 Å². The highest BCUT2D eigenvalue weighted by atomic mass is 16.6. The number of benzene rings is 2. The Morgan fingerprint density at radius 1 is 1.10 bits per heavy atom. The highest BCUT2D eigenvalue weighted by molar-refractivity contribution is 6.30. The molecule has 2 aromatic carbocycles. The van der Waals surface area contributed by atoms with Crippen LogP contribution in [0.3, 0.4) is 0 Å². The minimum atomic E-state index is -1.05. The van der Waals surface area contributed by atoms with E-state index in [4.69, 9.17) is 9.26 Å². The Balaban J connectivity index is 1.69. The summed E-state index contributed by atoms with van der Waals surface area (Å²) in [6.45, 7) is 1.55. The van der Waals surface area contributed by atoms with E-state index in [0.29, 0.717) is 12.2 Å². The number of carbonyl (C=O) groups excluding carboxylic acids is 3. The number of aryl methyl sites for hydroxylation is 1. The first-order chi connectivity index (χ1) is 14.9. The number of aromatic nitrogens is 2. The normalized spacial score (nSPS) is 12.3. The smallest absolute Gasteiger partial charge is 0.345 e. The van der Waals surface area contributed by atoms with Gasteiger partial charge in [-0.3, -0.25) is 19.7 Å². The number of carbonyl (C=O) groups is 3. The van der Waals surface area contributed by atoms with Gasteiger partial charge in [-0.2, -0.15) is 4.98 Å². The summed E-state index contributed by atoms with van der Waals surface area (Å²) < 4.78 is 10.1. The minimum absolute atomic E-state index is 0.0394. The average Bonchev–Trinajstić information content (AvgIpc) is 3.22. The molecule has 1 aliphatic carbocycles. The molecule has 1 heterocycles. The zero-order chi connectivity index (χ0) is 22.1. The molecule has 1 aliphatic rings. The lowest BCUT2D eigenvalue weighted by molar-refractivity contribution is -0.385. The van der Waals surface area contributed by atoms with Crippen LogP contribution in [0.2, 0.25) is 0 Å². The Morgan fingerprint density at radius 2 is 1.81 bits per heavy atom. The van der Waals surface area contributed by atoms with Gasteiger partial charge in [0, 0.05) is 23.1 Å². The van der Waals surface area contributed by atoms with Gasteiger partial charge in [-0.25, -0.2) is 4.79 Å². The van der Waals surface area contributed by atoms with Crippen molar-refractivity contribution in [3.63, 3.8) is 0 Å². The van der Waals surface area contributed by atoms with Crippen LogP contribution in [0.5, 0.6) is 0 Å². The molecular formula is C21H15N3O7. The number of hydrogen-bond donors (Lipinski definition) is 0. The van der Waals surface area contributed by atoms with Gasteiger partial charge in [0.25, 0.3) is 11.6 Å². The molecule has 0 unspecified atom stereocenters. The second-order valence-electron chi connectivity index (χ2n) is 6.78. The quantitative estimate of drug-likeness (QED) is 0.261. The Hall–Kier alpha value is -4.21. The van der Waals surface area contributed by atoms with E-state index in [1.165, 1.54) is 18.2 Å². The van der Waals surface area contributed by atoms with Crippen molar-refractivity contribution < 1.29 is 28.6 Å². The summed E-state index contributed by atoms with van der Waals surface area (Å²) in [7, 11) is 0. The van der Waals surface area contributed by atoms with Crippen molar-refractivity contribution in [3.8, 4) is 0 Å². The molecule has 0 fully saturated rings. The van der Waals surface area contributed by atoms with Crippen LogP contribution in [0.4, 0.5) is 5.69 Å². The largest absolute Gasteiger partial charge is 0.452 e. The zero-order valence-corrected chi connectivity index (χ0v) is 16.3. The third kappa shape index (κ3) is 3.48. The lowest BCUT2D eigenvalue weighted by atomic mass is 9.82. The molecule has 10 nitrogen and oxygen atoms in total. The second kappa shape index (κ2) is 7.90. The number of nitrogens with zero attached hydrogens (tertiary/aromatic N) is 3. The van der Waals surface area contributed by atoms with Crippen molar-refractivity contribution >= 4 is 23.2 Å². The SMILES string of the molecule is CCCc1noc(COC(=O)c2ccc3c(c2[N+](=O)[O-])C(=O)c2ccccc2C3=O)n1. The van der Waals surface area contributed by atoms with Gasteiger partial charge in [0.05, 0.1) is 4.92 Å². The number of fused-ring (bicyclic) bond motifs is 2. The van der Waals surface area contributed by atoms with Crippen LogP contribution in [0.1, 0.15) is 67.3 Å². The van der Waals surface area contributed by atoms with E-state index >= 15 is 0 Å². The fourth-order valence-corrected chi connectivity index (χ4v) is 3.40. The zero-order valence-electron chi connectivity index (χ0n) is 16.3. The molecule has 31 heavy (non-hydrogen) atoms. The highest BCUT2D eigenvalue weighted by Gasteiger charge is 2.39. The van der Waals surface area contributed by atoms with Gasteiger partial charge in [0.1, 0.15) is 11.1 Å². The summed E-state index contributed by atoms with van der Waals surface area (Å²) in [6, 6.07) is 8.37. The first-order valence-corrected chi connectivity index (χ1v) is 9.40. The maximum Gasteiger partial charge on any atom is 0.345 e. The van der Waals surface area contributed by atoms with E-state index in [9.17, 15) is 24.5 Å². The predicted molar refractivity (Wildman–Crippen MR) is 104 cm³/mol. The summed E-state index contributed by atoms with van der Waals surface area (Å²) in [5, 5.41) is 15.5. The van der Waals surface area contributed by atoms with Gasteiger partial charge >= 0.3 is 5.97 Å². The minimum Gasteiger partial charge on any atom is -0.452 e. The molecule has 0 N–H and O–H groups in total. The van der Waals surface area contributed by atoms with Crippen LogP contribution >= 0.6 is 0 Å². The molecule has 0 bridgehead atoms. The van der Waals surface area contributed by atoms with Crippen molar-refractivity contribution in [2.45, 2.75) is 26.4 Å². The summed E-state index contributed by atoms with van der Waals surface area (Å²) >= 11 is 0. The Bertz CT molecular complexity index is 1250. The number of hydrogen-bond acceptors (Lipinski definition) is 9. The van der Waals surface area contributed by atoms with Gasteiger partial charge in [-0.1, -0.05) is 36.3 Å². The van der Waals surface area contributed by atoms with Crippen molar-refractivity contribution in [1.82, 2.24) is 10.1 Å². The Labute approximate surface area is 175 Å². The third-order valence-corrected chi connectivity index (χ3v) is 4.78. The van der Waals surface area contributed by atoms with Gasteiger partial charge in [0.15, 0.2) is 18.2 Å². The van der Waals surface area contributed by atoms with Gasteiger partial charge in [0.2, 0.25) is 5.78 Å². The monoisotopic (exact) mass is 421 g/mol. The Morgan fingerprint density at radius 3 is 2.48 bits per heavy atom. The fraction of sp³-hybridized carbons (Fsp3) is 0.190. The van der Waals surface area contributed by atoms with Crippen molar-refractivity contribution in [2.24, 2.45) is 0 Å². The molecule has 156 valence electrons.